The Bertz CT molecular complexity index is 702. The van der Waals surface area contributed by atoms with Gasteiger partial charge in [0.2, 0.25) is 5.91 Å². The lowest BCUT2D eigenvalue weighted by Crippen LogP contribution is -2.32. The molecule has 5 heteroatoms. The molecule has 1 atom stereocenters. The van der Waals surface area contributed by atoms with Crippen LogP contribution in [-0.4, -0.2) is 19.6 Å². The molecule has 0 spiro atoms. The standard InChI is InChI=1S/C17H16ClNO3/c1-21-15-5-6-16-11(8-15)7-12(10-22-16)17(20)19-14-4-2-3-13(18)9-14/h2-6,8-9,12H,7,10H2,1H3,(H,19,20)/t12-/m0/s1. The van der Waals surface area contributed by atoms with Gasteiger partial charge in [-0.2, -0.15) is 0 Å². The van der Waals surface area contributed by atoms with Crippen molar-refractivity contribution in [1.82, 2.24) is 0 Å². The predicted molar refractivity (Wildman–Crippen MR) is 85.8 cm³/mol. The number of halogens is 1. The Labute approximate surface area is 134 Å². The van der Waals surface area contributed by atoms with Crippen molar-refractivity contribution in [1.29, 1.82) is 0 Å². The van der Waals surface area contributed by atoms with E-state index in [0.29, 0.717) is 23.7 Å². The van der Waals surface area contributed by atoms with Gasteiger partial charge in [-0.15, -0.1) is 0 Å². The molecule has 0 saturated heterocycles. The quantitative estimate of drug-likeness (QED) is 0.942. The van der Waals surface area contributed by atoms with E-state index in [1.165, 1.54) is 0 Å². The van der Waals surface area contributed by atoms with Gasteiger partial charge in [-0.3, -0.25) is 4.79 Å². The van der Waals surface area contributed by atoms with Gasteiger partial charge >= 0.3 is 0 Å². The molecule has 1 heterocycles. The number of rotatable bonds is 3. The lowest BCUT2D eigenvalue weighted by molar-refractivity contribution is -0.121. The summed E-state index contributed by atoms with van der Waals surface area (Å²) in [6.45, 7) is 0.367. The Hall–Kier alpha value is -2.20. The molecule has 0 aliphatic carbocycles. The highest BCUT2D eigenvalue weighted by atomic mass is 35.5. The lowest BCUT2D eigenvalue weighted by Gasteiger charge is -2.25. The molecule has 0 bridgehead atoms. The second-order valence-electron chi connectivity index (χ2n) is 5.19. The van der Waals surface area contributed by atoms with Gasteiger partial charge in [-0.05, 0) is 48.4 Å². The first kappa shape index (κ1) is 14.7. The maximum Gasteiger partial charge on any atom is 0.231 e. The second kappa shape index (κ2) is 6.28. The average molecular weight is 318 g/mol. The fraction of sp³-hybridized carbons (Fsp3) is 0.235. The number of nitrogens with one attached hydrogen (secondary N) is 1. The normalized spacial score (nSPS) is 16.4. The summed E-state index contributed by atoms with van der Waals surface area (Å²) in [5.74, 6) is 1.26. The van der Waals surface area contributed by atoms with Gasteiger partial charge in [0.05, 0.1) is 13.0 Å². The molecule has 1 aliphatic heterocycles. The number of anilines is 1. The fourth-order valence-electron chi connectivity index (χ4n) is 2.48. The number of hydrogen-bond donors (Lipinski definition) is 1. The molecule has 1 N–H and O–H groups in total. The summed E-state index contributed by atoms with van der Waals surface area (Å²) >= 11 is 5.92. The van der Waals surface area contributed by atoms with Crippen molar-refractivity contribution in [2.24, 2.45) is 5.92 Å². The number of benzene rings is 2. The molecule has 114 valence electrons. The van der Waals surface area contributed by atoms with Crippen LogP contribution in [0.3, 0.4) is 0 Å². The minimum Gasteiger partial charge on any atom is -0.497 e. The van der Waals surface area contributed by atoms with E-state index < -0.39 is 0 Å². The van der Waals surface area contributed by atoms with Crippen LogP contribution < -0.4 is 14.8 Å². The Morgan fingerprint density at radius 2 is 2.18 bits per heavy atom. The van der Waals surface area contributed by atoms with E-state index in [1.54, 1.807) is 25.3 Å². The van der Waals surface area contributed by atoms with Gasteiger partial charge in [0.25, 0.3) is 0 Å². The molecule has 0 aromatic heterocycles. The third-order valence-electron chi connectivity index (χ3n) is 3.64. The van der Waals surface area contributed by atoms with Crippen LogP contribution >= 0.6 is 11.6 Å². The largest absolute Gasteiger partial charge is 0.497 e. The highest BCUT2D eigenvalue weighted by Gasteiger charge is 2.26. The molecule has 2 aromatic rings. The van der Waals surface area contributed by atoms with Crippen molar-refractivity contribution in [3.63, 3.8) is 0 Å². The molecule has 0 fully saturated rings. The van der Waals surface area contributed by atoms with Gasteiger partial charge in [0, 0.05) is 10.7 Å². The maximum absolute atomic E-state index is 12.4. The van der Waals surface area contributed by atoms with Crippen molar-refractivity contribution >= 4 is 23.2 Å². The highest BCUT2D eigenvalue weighted by Crippen LogP contribution is 2.31. The molecule has 0 radical (unpaired) electrons. The molecule has 0 unspecified atom stereocenters. The summed E-state index contributed by atoms with van der Waals surface area (Å²) in [5, 5.41) is 3.47. The number of ether oxygens (including phenoxy) is 2. The molecule has 2 aromatic carbocycles. The van der Waals surface area contributed by atoms with E-state index in [0.717, 1.165) is 17.1 Å². The average Bonchev–Trinajstić information content (AvgIpc) is 2.53. The van der Waals surface area contributed by atoms with E-state index in [-0.39, 0.29) is 11.8 Å². The monoisotopic (exact) mass is 317 g/mol. The number of carbonyl (C=O) groups is 1. The second-order valence-corrected chi connectivity index (χ2v) is 5.62. The van der Waals surface area contributed by atoms with Crippen LogP contribution in [0, 0.1) is 5.92 Å². The minimum absolute atomic E-state index is 0.0734. The molecule has 1 amide bonds. The molecular weight excluding hydrogens is 302 g/mol. The Kier molecular flexibility index (Phi) is 4.20. The van der Waals surface area contributed by atoms with Gasteiger partial charge in [0.1, 0.15) is 18.1 Å². The summed E-state index contributed by atoms with van der Waals surface area (Å²) in [6.07, 6.45) is 0.624. The fourth-order valence-corrected chi connectivity index (χ4v) is 2.67. The molecule has 4 nitrogen and oxygen atoms in total. The zero-order valence-corrected chi connectivity index (χ0v) is 12.9. The number of hydrogen-bond acceptors (Lipinski definition) is 3. The van der Waals surface area contributed by atoms with Crippen molar-refractivity contribution in [2.75, 3.05) is 19.0 Å². The lowest BCUT2D eigenvalue weighted by atomic mass is 9.95. The van der Waals surface area contributed by atoms with Crippen LogP contribution in [0.5, 0.6) is 11.5 Å². The number of amides is 1. The minimum atomic E-state index is -0.237. The first-order chi connectivity index (χ1) is 10.7. The number of carbonyl (C=O) groups excluding carboxylic acids is 1. The molecular formula is C17H16ClNO3. The van der Waals surface area contributed by atoms with E-state index in [9.17, 15) is 4.79 Å². The van der Waals surface area contributed by atoms with Crippen LogP contribution in [0.2, 0.25) is 5.02 Å². The van der Waals surface area contributed by atoms with Crippen molar-refractivity contribution in [3.05, 3.63) is 53.1 Å². The number of methoxy groups -OCH3 is 1. The third kappa shape index (κ3) is 3.17. The van der Waals surface area contributed by atoms with Gasteiger partial charge < -0.3 is 14.8 Å². The maximum atomic E-state index is 12.4. The Balaban J connectivity index is 1.72. The smallest absolute Gasteiger partial charge is 0.231 e. The van der Waals surface area contributed by atoms with Crippen molar-refractivity contribution < 1.29 is 14.3 Å². The number of fused-ring (bicyclic) bond motifs is 1. The van der Waals surface area contributed by atoms with E-state index in [4.69, 9.17) is 21.1 Å². The van der Waals surface area contributed by atoms with E-state index in [2.05, 4.69) is 5.32 Å². The summed E-state index contributed by atoms with van der Waals surface area (Å²) in [5.41, 5.74) is 1.67. The van der Waals surface area contributed by atoms with Crippen LogP contribution in [-0.2, 0) is 11.2 Å². The Morgan fingerprint density at radius 3 is 2.95 bits per heavy atom. The molecule has 3 rings (SSSR count). The van der Waals surface area contributed by atoms with Crippen LogP contribution in [0.25, 0.3) is 0 Å². The van der Waals surface area contributed by atoms with Crippen molar-refractivity contribution in [2.45, 2.75) is 6.42 Å². The van der Waals surface area contributed by atoms with Gasteiger partial charge in [-0.25, -0.2) is 0 Å². The Morgan fingerprint density at radius 1 is 1.32 bits per heavy atom. The summed E-state index contributed by atoms with van der Waals surface area (Å²) < 4.78 is 10.9. The van der Waals surface area contributed by atoms with Gasteiger partial charge in [0.15, 0.2) is 0 Å². The third-order valence-corrected chi connectivity index (χ3v) is 3.87. The first-order valence-electron chi connectivity index (χ1n) is 7.02. The van der Waals surface area contributed by atoms with Crippen LogP contribution in [0.1, 0.15) is 5.56 Å². The summed E-state index contributed by atoms with van der Waals surface area (Å²) in [7, 11) is 1.62. The zero-order valence-electron chi connectivity index (χ0n) is 12.1. The molecule has 1 aliphatic rings. The van der Waals surface area contributed by atoms with Crippen LogP contribution in [0.15, 0.2) is 42.5 Å². The van der Waals surface area contributed by atoms with E-state index in [1.807, 2.05) is 24.3 Å². The highest BCUT2D eigenvalue weighted by molar-refractivity contribution is 6.30. The van der Waals surface area contributed by atoms with Crippen LogP contribution in [0.4, 0.5) is 5.69 Å². The first-order valence-corrected chi connectivity index (χ1v) is 7.39. The predicted octanol–water partition coefficient (Wildman–Crippen LogP) is 3.54. The van der Waals surface area contributed by atoms with Crippen molar-refractivity contribution in [3.8, 4) is 11.5 Å². The molecule has 22 heavy (non-hydrogen) atoms. The summed E-state index contributed by atoms with van der Waals surface area (Å²) in [6, 6.07) is 12.7. The van der Waals surface area contributed by atoms with E-state index >= 15 is 0 Å². The zero-order chi connectivity index (χ0) is 15.5. The van der Waals surface area contributed by atoms with Gasteiger partial charge in [-0.1, -0.05) is 17.7 Å². The molecule has 0 saturated carbocycles. The SMILES string of the molecule is COc1ccc2c(c1)C[C@H](C(=O)Nc1cccc(Cl)c1)CO2. The topological polar surface area (TPSA) is 47.6 Å². The summed E-state index contributed by atoms with van der Waals surface area (Å²) in [4.78, 5) is 12.4.